The van der Waals surface area contributed by atoms with Gasteiger partial charge < -0.3 is 11.1 Å². The van der Waals surface area contributed by atoms with Gasteiger partial charge in [0.2, 0.25) is 0 Å². The average Bonchev–Trinajstić information content (AvgIpc) is 2.21. The monoisotopic (exact) mass is 241 g/mol. The van der Waals surface area contributed by atoms with E-state index in [9.17, 15) is 4.79 Å². The molecule has 1 aromatic rings. The van der Waals surface area contributed by atoms with Crippen LogP contribution in [0.3, 0.4) is 0 Å². The summed E-state index contributed by atoms with van der Waals surface area (Å²) >= 11 is 5.83. The molecule has 0 spiro atoms. The van der Waals surface area contributed by atoms with Crippen LogP contribution in [0.5, 0.6) is 0 Å². The smallest absolute Gasteiger partial charge is 0.254 e. The molecular weight excluding hydrogens is 226 g/mol. The fraction of sp³-hybridized carbons (Fsp3) is 0.455. The molecule has 88 valence electrons. The molecular formula is C11H16ClN3O. The predicted molar refractivity (Wildman–Crippen MR) is 65.4 cm³/mol. The lowest BCUT2D eigenvalue weighted by Gasteiger charge is -2.17. The van der Waals surface area contributed by atoms with Gasteiger partial charge >= 0.3 is 0 Å². The van der Waals surface area contributed by atoms with Gasteiger partial charge in [-0.2, -0.15) is 0 Å². The molecule has 0 radical (unpaired) electrons. The Labute approximate surface area is 100 Å². The minimum absolute atomic E-state index is 0.0741. The predicted octanol–water partition coefficient (Wildman–Crippen LogP) is 2.09. The van der Waals surface area contributed by atoms with E-state index in [1.165, 1.54) is 12.3 Å². The van der Waals surface area contributed by atoms with Crippen molar-refractivity contribution in [1.82, 2.24) is 10.3 Å². The molecule has 5 heteroatoms. The van der Waals surface area contributed by atoms with Gasteiger partial charge in [0.15, 0.2) is 0 Å². The van der Waals surface area contributed by atoms with Gasteiger partial charge in [0.25, 0.3) is 5.91 Å². The molecule has 0 fully saturated rings. The zero-order valence-corrected chi connectivity index (χ0v) is 10.4. The largest absolute Gasteiger partial charge is 0.397 e. The van der Waals surface area contributed by atoms with Crippen LogP contribution in [0, 0.1) is 5.92 Å². The van der Waals surface area contributed by atoms with E-state index in [4.69, 9.17) is 17.3 Å². The van der Waals surface area contributed by atoms with Crippen molar-refractivity contribution in [1.29, 1.82) is 0 Å². The van der Waals surface area contributed by atoms with E-state index >= 15 is 0 Å². The second kappa shape index (κ2) is 5.16. The van der Waals surface area contributed by atoms with Crippen LogP contribution in [-0.2, 0) is 0 Å². The Morgan fingerprint density at radius 1 is 1.50 bits per heavy atom. The summed E-state index contributed by atoms with van der Waals surface area (Å²) in [7, 11) is 0. The van der Waals surface area contributed by atoms with Gasteiger partial charge in [-0.05, 0) is 18.9 Å². The van der Waals surface area contributed by atoms with Crippen LogP contribution in [0.2, 0.25) is 5.15 Å². The molecule has 0 aromatic carbocycles. The van der Waals surface area contributed by atoms with Crippen LogP contribution in [-0.4, -0.2) is 16.9 Å². The highest BCUT2D eigenvalue weighted by Crippen LogP contribution is 2.16. The molecule has 1 unspecified atom stereocenters. The molecule has 1 heterocycles. The fourth-order valence-corrected chi connectivity index (χ4v) is 1.26. The highest BCUT2D eigenvalue weighted by molar-refractivity contribution is 6.32. The zero-order valence-electron chi connectivity index (χ0n) is 9.62. The lowest BCUT2D eigenvalue weighted by molar-refractivity contribution is 0.0930. The molecule has 1 amide bonds. The third-order valence-electron chi connectivity index (χ3n) is 2.46. The van der Waals surface area contributed by atoms with Crippen LogP contribution >= 0.6 is 11.6 Å². The number of hydrogen-bond donors (Lipinski definition) is 2. The molecule has 0 aliphatic heterocycles. The number of halogens is 1. The summed E-state index contributed by atoms with van der Waals surface area (Å²) in [5.41, 5.74) is 6.29. The van der Waals surface area contributed by atoms with Gasteiger partial charge in [0, 0.05) is 6.04 Å². The average molecular weight is 242 g/mol. The summed E-state index contributed by atoms with van der Waals surface area (Å²) in [6.07, 6.45) is 1.42. The number of carbonyl (C=O) groups is 1. The van der Waals surface area contributed by atoms with Gasteiger partial charge in [-0.3, -0.25) is 4.79 Å². The number of carbonyl (C=O) groups excluding carboxylic acids is 1. The van der Waals surface area contributed by atoms with Crippen LogP contribution in [0.25, 0.3) is 0 Å². The lowest BCUT2D eigenvalue weighted by atomic mass is 10.1. The Morgan fingerprint density at radius 2 is 2.12 bits per heavy atom. The van der Waals surface area contributed by atoms with Gasteiger partial charge in [-0.15, -0.1) is 0 Å². The third kappa shape index (κ3) is 3.10. The molecule has 16 heavy (non-hydrogen) atoms. The molecule has 0 aliphatic carbocycles. The van der Waals surface area contributed by atoms with E-state index in [0.717, 1.165) is 0 Å². The van der Waals surface area contributed by atoms with E-state index in [-0.39, 0.29) is 17.1 Å². The van der Waals surface area contributed by atoms with E-state index in [2.05, 4.69) is 10.3 Å². The number of anilines is 1. The molecule has 0 bridgehead atoms. The maximum absolute atomic E-state index is 11.8. The van der Waals surface area contributed by atoms with E-state index < -0.39 is 0 Å². The van der Waals surface area contributed by atoms with E-state index in [0.29, 0.717) is 17.2 Å². The van der Waals surface area contributed by atoms with Gasteiger partial charge in [-0.1, -0.05) is 25.4 Å². The number of nitrogen functional groups attached to an aromatic ring is 1. The number of amides is 1. The lowest BCUT2D eigenvalue weighted by Crippen LogP contribution is -2.36. The summed E-state index contributed by atoms with van der Waals surface area (Å²) in [5.74, 6) is 0.114. The minimum Gasteiger partial charge on any atom is -0.397 e. The summed E-state index contributed by atoms with van der Waals surface area (Å²) in [5, 5.41) is 3.01. The van der Waals surface area contributed by atoms with Crippen molar-refractivity contribution in [3.05, 3.63) is 23.0 Å². The van der Waals surface area contributed by atoms with E-state index in [1.807, 2.05) is 20.8 Å². The van der Waals surface area contributed by atoms with Crippen molar-refractivity contribution in [3.63, 3.8) is 0 Å². The van der Waals surface area contributed by atoms with Crippen LogP contribution in [0.1, 0.15) is 31.1 Å². The molecule has 0 saturated carbocycles. The maximum Gasteiger partial charge on any atom is 0.254 e. The van der Waals surface area contributed by atoms with E-state index in [1.54, 1.807) is 0 Å². The Morgan fingerprint density at radius 3 is 2.69 bits per heavy atom. The quantitative estimate of drug-likeness (QED) is 0.797. The van der Waals surface area contributed by atoms with Crippen LogP contribution in [0.15, 0.2) is 12.3 Å². The van der Waals surface area contributed by atoms with Crippen molar-refractivity contribution in [2.75, 3.05) is 5.73 Å². The molecule has 1 rings (SSSR count). The van der Waals surface area contributed by atoms with Crippen molar-refractivity contribution in [2.45, 2.75) is 26.8 Å². The molecule has 0 aliphatic rings. The summed E-state index contributed by atoms with van der Waals surface area (Å²) in [6, 6.07) is 1.60. The molecule has 4 nitrogen and oxygen atoms in total. The number of nitrogens with one attached hydrogen (secondary N) is 1. The minimum atomic E-state index is -0.244. The Kier molecular flexibility index (Phi) is 4.12. The third-order valence-corrected chi connectivity index (χ3v) is 2.76. The summed E-state index contributed by atoms with van der Waals surface area (Å²) in [4.78, 5) is 15.7. The Hall–Kier alpha value is -1.29. The highest BCUT2D eigenvalue weighted by Gasteiger charge is 2.15. The summed E-state index contributed by atoms with van der Waals surface area (Å²) < 4.78 is 0. The first-order valence-corrected chi connectivity index (χ1v) is 5.51. The molecule has 3 N–H and O–H groups in total. The first kappa shape index (κ1) is 12.8. The second-order valence-electron chi connectivity index (χ2n) is 4.11. The number of nitrogens with zero attached hydrogens (tertiary/aromatic N) is 1. The first-order chi connectivity index (χ1) is 7.41. The number of aromatic nitrogens is 1. The fourth-order valence-electron chi connectivity index (χ4n) is 1.07. The van der Waals surface area contributed by atoms with Gasteiger partial charge in [0.05, 0.1) is 17.4 Å². The number of rotatable bonds is 3. The number of hydrogen-bond acceptors (Lipinski definition) is 3. The maximum atomic E-state index is 11.8. The molecule has 1 atom stereocenters. The molecule has 1 aromatic heterocycles. The van der Waals surface area contributed by atoms with Crippen molar-refractivity contribution >= 4 is 23.2 Å². The van der Waals surface area contributed by atoms with Crippen molar-refractivity contribution in [3.8, 4) is 0 Å². The highest BCUT2D eigenvalue weighted by atomic mass is 35.5. The van der Waals surface area contributed by atoms with Crippen LogP contribution < -0.4 is 11.1 Å². The topological polar surface area (TPSA) is 68.0 Å². The Balaban J connectivity index is 2.84. The normalized spacial score (nSPS) is 12.6. The SMILES string of the molecule is CC(C)C(C)NC(=O)c1cc(N)cnc1Cl. The zero-order chi connectivity index (χ0) is 12.3. The van der Waals surface area contributed by atoms with Crippen molar-refractivity contribution in [2.24, 2.45) is 5.92 Å². The second-order valence-corrected chi connectivity index (χ2v) is 4.47. The first-order valence-electron chi connectivity index (χ1n) is 5.13. The van der Waals surface area contributed by atoms with Gasteiger partial charge in [0.1, 0.15) is 5.15 Å². The Bertz CT molecular complexity index is 393. The van der Waals surface area contributed by atoms with Crippen molar-refractivity contribution < 1.29 is 4.79 Å². The van der Waals surface area contributed by atoms with Crippen LogP contribution in [0.4, 0.5) is 5.69 Å². The molecule has 0 saturated heterocycles. The van der Waals surface area contributed by atoms with Gasteiger partial charge in [-0.25, -0.2) is 4.98 Å². The number of pyridine rings is 1. The standard InChI is InChI=1S/C11H16ClN3O/c1-6(2)7(3)15-11(16)9-4-8(13)5-14-10(9)12/h4-7H,13H2,1-3H3,(H,15,16). The summed E-state index contributed by atoms with van der Waals surface area (Å²) in [6.45, 7) is 6.00. The number of nitrogens with two attached hydrogens (primary N) is 1.